The lowest BCUT2D eigenvalue weighted by Gasteiger charge is -2.31. The number of aromatic nitrogens is 5. The highest BCUT2D eigenvalue weighted by molar-refractivity contribution is 5.12. The first-order valence-corrected chi connectivity index (χ1v) is 7.90. The van der Waals surface area contributed by atoms with E-state index in [1.807, 2.05) is 6.92 Å². The summed E-state index contributed by atoms with van der Waals surface area (Å²) >= 11 is 0. The van der Waals surface area contributed by atoms with Gasteiger partial charge in [0, 0.05) is 24.5 Å². The van der Waals surface area contributed by atoms with E-state index in [-0.39, 0.29) is 0 Å². The third kappa shape index (κ3) is 2.52. The Morgan fingerprint density at radius 3 is 2.68 bits per heavy atom. The minimum absolute atomic E-state index is 0.332. The van der Waals surface area contributed by atoms with Gasteiger partial charge in [0.1, 0.15) is 23.0 Å². The molecule has 118 valence electrons. The summed E-state index contributed by atoms with van der Waals surface area (Å²) < 4.78 is 7.03. The largest absolute Gasteiger partial charge is 0.328 e. The standard InChI is InChI=1S/C14H21N7O/c1-8-12(20-22-19-8)6-16-7-13-17-18-14(9-4-10(15)5-9)21(13)11-2-3-11/h9-11,16H,2-7,15H2,1H3. The van der Waals surface area contributed by atoms with Crippen molar-refractivity contribution in [2.75, 3.05) is 0 Å². The highest BCUT2D eigenvalue weighted by Crippen LogP contribution is 2.42. The maximum absolute atomic E-state index is 5.91. The number of rotatable bonds is 6. The molecule has 0 saturated heterocycles. The summed E-state index contributed by atoms with van der Waals surface area (Å²) in [5.41, 5.74) is 7.57. The fraction of sp³-hybridized carbons (Fsp3) is 0.714. The number of aryl methyl sites for hydroxylation is 1. The summed E-state index contributed by atoms with van der Waals surface area (Å²) in [6.07, 6.45) is 4.51. The fourth-order valence-corrected chi connectivity index (χ4v) is 3.04. The predicted molar refractivity (Wildman–Crippen MR) is 77.8 cm³/mol. The average Bonchev–Trinajstić information content (AvgIpc) is 3.10. The SMILES string of the molecule is Cc1nonc1CNCc1nnc(C2CC(N)C2)n1C1CC1. The van der Waals surface area contributed by atoms with Crippen molar-refractivity contribution < 1.29 is 4.63 Å². The molecule has 2 aromatic rings. The van der Waals surface area contributed by atoms with Crippen molar-refractivity contribution in [1.29, 1.82) is 0 Å². The van der Waals surface area contributed by atoms with Crippen LogP contribution in [0.1, 0.15) is 60.7 Å². The van der Waals surface area contributed by atoms with Crippen LogP contribution in [0.25, 0.3) is 0 Å². The van der Waals surface area contributed by atoms with E-state index in [2.05, 4.69) is 30.4 Å². The Balaban J connectivity index is 1.44. The van der Waals surface area contributed by atoms with Crippen LogP contribution in [0.2, 0.25) is 0 Å². The lowest BCUT2D eigenvalue weighted by atomic mass is 9.80. The van der Waals surface area contributed by atoms with E-state index < -0.39 is 0 Å². The molecule has 0 atom stereocenters. The molecule has 0 radical (unpaired) electrons. The van der Waals surface area contributed by atoms with Gasteiger partial charge in [-0.15, -0.1) is 10.2 Å². The summed E-state index contributed by atoms with van der Waals surface area (Å²) in [7, 11) is 0. The molecular formula is C14H21N7O. The van der Waals surface area contributed by atoms with Gasteiger partial charge in [-0.2, -0.15) is 0 Å². The zero-order valence-electron chi connectivity index (χ0n) is 12.7. The maximum Gasteiger partial charge on any atom is 0.147 e. The van der Waals surface area contributed by atoms with Gasteiger partial charge in [0.05, 0.1) is 6.54 Å². The molecule has 2 fully saturated rings. The Hall–Kier alpha value is -1.80. The van der Waals surface area contributed by atoms with Crippen molar-refractivity contribution in [1.82, 2.24) is 30.4 Å². The van der Waals surface area contributed by atoms with Gasteiger partial charge in [0.25, 0.3) is 0 Å². The molecule has 2 aliphatic rings. The molecule has 8 nitrogen and oxygen atoms in total. The molecule has 2 aliphatic carbocycles. The maximum atomic E-state index is 5.91. The molecule has 0 aromatic carbocycles. The Kier molecular flexibility index (Phi) is 3.42. The topological polar surface area (TPSA) is 108 Å². The summed E-state index contributed by atoms with van der Waals surface area (Å²) in [5, 5.41) is 19.8. The summed E-state index contributed by atoms with van der Waals surface area (Å²) in [5.74, 6) is 2.62. The molecule has 2 aromatic heterocycles. The monoisotopic (exact) mass is 303 g/mol. The van der Waals surface area contributed by atoms with Gasteiger partial charge >= 0.3 is 0 Å². The third-order valence-corrected chi connectivity index (χ3v) is 4.57. The number of nitrogens with zero attached hydrogens (tertiary/aromatic N) is 5. The van der Waals surface area contributed by atoms with Crippen molar-refractivity contribution in [3.8, 4) is 0 Å². The number of hydrogen-bond donors (Lipinski definition) is 2. The smallest absolute Gasteiger partial charge is 0.147 e. The van der Waals surface area contributed by atoms with Crippen LogP contribution in [0, 0.1) is 6.92 Å². The minimum atomic E-state index is 0.332. The van der Waals surface area contributed by atoms with Gasteiger partial charge in [0.2, 0.25) is 0 Å². The van der Waals surface area contributed by atoms with E-state index in [9.17, 15) is 0 Å². The summed E-state index contributed by atoms with van der Waals surface area (Å²) in [6, 6.07) is 0.910. The van der Waals surface area contributed by atoms with Gasteiger partial charge in [-0.05, 0) is 32.6 Å². The predicted octanol–water partition coefficient (Wildman–Crippen LogP) is 0.799. The Bertz CT molecular complexity index is 654. The van der Waals surface area contributed by atoms with Crippen LogP contribution in [0.5, 0.6) is 0 Å². The number of nitrogens with one attached hydrogen (secondary N) is 1. The zero-order valence-corrected chi connectivity index (χ0v) is 12.7. The first kappa shape index (κ1) is 13.8. The molecular weight excluding hydrogens is 282 g/mol. The van der Waals surface area contributed by atoms with Crippen LogP contribution in [0.15, 0.2) is 4.63 Å². The molecule has 8 heteroatoms. The van der Waals surface area contributed by atoms with Gasteiger partial charge in [0.15, 0.2) is 0 Å². The van der Waals surface area contributed by atoms with E-state index in [1.165, 1.54) is 12.8 Å². The number of hydrogen-bond acceptors (Lipinski definition) is 7. The Morgan fingerprint density at radius 1 is 1.23 bits per heavy atom. The summed E-state index contributed by atoms with van der Waals surface area (Å²) in [6.45, 7) is 3.18. The highest BCUT2D eigenvalue weighted by atomic mass is 16.6. The van der Waals surface area contributed by atoms with Crippen molar-refractivity contribution in [3.05, 3.63) is 23.0 Å². The van der Waals surface area contributed by atoms with Crippen LogP contribution in [-0.4, -0.2) is 31.1 Å². The Labute approximate surface area is 128 Å². The fourth-order valence-electron chi connectivity index (χ4n) is 3.04. The van der Waals surface area contributed by atoms with Crippen LogP contribution < -0.4 is 11.1 Å². The summed E-state index contributed by atoms with van der Waals surface area (Å²) in [4.78, 5) is 0. The second-order valence-corrected chi connectivity index (χ2v) is 6.40. The molecule has 2 saturated carbocycles. The number of nitrogens with two attached hydrogens (primary N) is 1. The van der Waals surface area contributed by atoms with E-state index in [4.69, 9.17) is 10.4 Å². The van der Waals surface area contributed by atoms with Gasteiger partial charge in [-0.25, -0.2) is 4.63 Å². The molecule has 0 aliphatic heterocycles. The van der Waals surface area contributed by atoms with E-state index in [0.29, 0.717) is 31.1 Å². The van der Waals surface area contributed by atoms with E-state index >= 15 is 0 Å². The van der Waals surface area contributed by atoms with Crippen molar-refractivity contribution in [2.24, 2.45) is 5.73 Å². The van der Waals surface area contributed by atoms with Crippen molar-refractivity contribution in [3.63, 3.8) is 0 Å². The molecule has 0 spiro atoms. The zero-order chi connectivity index (χ0) is 15.1. The quantitative estimate of drug-likeness (QED) is 0.812. The first-order chi connectivity index (χ1) is 10.7. The molecule has 4 rings (SSSR count). The second-order valence-electron chi connectivity index (χ2n) is 6.40. The highest BCUT2D eigenvalue weighted by Gasteiger charge is 2.36. The van der Waals surface area contributed by atoms with Crippen LogP contribution in [-0.2, 0) is 13.1 Å². The molecule has 0 bridgehead atoms. The first-order valence-electron chi connectivity index (χ1n) is 7.90. The Morgan fingerprint density at radius 2 is 2.05 bits per heavy atom. The molecule has 22 heavy (non-hydrogen) atoms. The molecule has 3 N–H and O–H groups in total. The van der Waals surface area contributed by atoms with E-state index in [0.717, 1.165) is 35.9 Å². The normalized spacial score (nSPS) is 24.5. The molecule has 0 amide bonds. The second kappa shape index (κ2) is 5.44. The molecule has 2 heterocycles. The average molecular weight is 303 g/mol. The van der Waals surface area contributed by atoms with Gasteiger partial charge in [-0.3, -0.25) is 0 Å². The van der Waals surface area contributed by atoms with Gasteiger partial charge in [-0.1, -0.05) is 10.3 Å². The van der Waals surface area contributed by atoms with Crippen LogP contribution in [0.3, 0.4) is 0 Å². The van der Waals surface area contributed by atoms with Gasteiger partial charge < -0.3 is 15.6 Å². The minimum Gasteiger partial charge on any atom is -0.328 e. The van der Waals surface area contributed by atoms with Crippen molar-refractivity contribution >= 4 is 0 Å². The third-order valence-electron chi connectivity index (χ3n) is 4.57. The lowest BCUT2D eigenvalue weighted by molar-refractivity contribution is 0.300. The van der Waals surface area contributed by atoms with E-state index in [1.54, 1.807) is 0 Å². The van der Waals surface area contributed by atoms with Crippen molar-refractivity contribution in [2.45, 2.75) is 63.7 Å². The lowest BCUT2D eigenvalue weighted by Crippen LogP contribution is -2.36. The van der Waals surface area contributed by atoms with Crippen LogP contribution in [0.4, 0.5) is 0 Å². The molecule has 0 unspecified atom stereocenters. The van der Waals surface area contributed by atoms with Crippen LogP contribution >= 0.6 is 0 Å².